The third-order valence-electron chi connectivity index (χ3n) is 11.7. The van der Waals surface area contributed by atoms with Crippen molar-refractivity contribution in [1.82, 2.24) is 4.90 Å². The molecule has 15 heteroatoms. The Hall–Kier alpha value is -2.76. The van der Waals surface area contributed by atoms with Crippen molar-refractivity contribution in [3.05, 3.63) is 24.3 Å². The van der Waals surface area contributed by atoms with E-state index in [0.29, 0.717) is 12.8 Å². The van der Waals surface area contributed by atoms with Crippen LogP contribution in [0.2, 0.25) is 0 Å². The van der Waals surface area contributed by atoms with Crippen molar-refractivity contribution in [3.8, 4) is 0 Å². The number of aliphatic hydroxyl groups is 3. The molecule has 59 heavy (non-hydrogen) atoms. The maximum absolute atomic E-state index is 13.3. The summed E-state index contributed by atoms with van der Waals surface area (Å²) in [6, 6.07) is -0.655. The number of ketones is 1. The fraction of sp³-hybridized carbons (Fsp3) is 0.818. The van der Waals surface area contributed by atoms with Crippen LogP contribution in [0.4, 0.5) is 0 Å². The van der Waals surface area contributed by atoms with Crippen LogP contribution in [0.1, 0.15) is 114 Å². The first-order valence-corrected chi connectivity index (χ1v) is 21.3. The summed E-state index contributed by atoms with van der Waals surface area (Å²) in [5.41, 5.74) is -1.49. The number of nitrogens with zero attached hydrogens (tertiary/aromatic N) is 1. The molecule has 15 nitrogen and oxygen atoms in total. The molecule has 0 aromatic carbocycles. The van der Waals surface area contributed by atoms with Gasteiger partial charge >= 0.3 is 17.9 Å². The second-order valence-electron chi connectivity index (χ2n) is 17.6. The number of esters is 3. The molecular formula is C44H73NO14. The Morgan fingerprint density at radius 1 is 0.949 bits per heavy atom. The van der Waals surface area contributed by atoms with E-state index in [0.717, 1.165) is 0 Å². The van der Waals surface area contributed by atoms with Gasteiger partial charge in [-0.2, -0.15) is 0 Å². The Kier molecular flexibility index (Phi) is 19.2. The SMILES string of the molecule is CCC(=O)OC1CC(=O)OC(C)CC=CC=CC(O)C(C)CC(CC(C)=O)C(OCC2OC(C)C(OC3(C)CC(C)(O)C(OC(=O)CC)C(C)O3)C(N(C)C)C2O)C1C. The second kappa shape index (κ2) is 22.4. The number of Topliss-reactive ketones (excluding diaryl/α,β-unsaturated/α-hetero) is 1. The maximum atomic E-state index is 13.3. The average Bonchev–Trinajstić information content (AvgIpc) is 3.12. The molecule has 3 aliphatic rings. The van der Waals surface area contributed by atoms with Crippen LogP contribution < -0.4 is 0 Å². The average molecular weight is 840 g/mol. The van der Waals surface area contributed by atoms with Crippen LogP contribution in [-0.2, 0) is 52.3 Å². The zero-order chi connectivity index (χ0) is 44.4. The molecule has 0 bridgehead atoms. The summed E-state index contributed by atoms with van der Waals surface area (Å²) in [5.74, 6) is -4.46. The van der Waals surface area contributed by atoms with E-state index < -0.39 is 108 Å². The zero-order valence-corrected chi connectivity index (χ0v) is 37.3. The Bertz CT molecular complexity index is 1450. The number of hydrogen-bond acceptors (Lipinski definition) is 15. The highest BCUT2D eigenvalue weighted by molar-refractivity contribution is 5.76. The molecule has 16 atom stereocenters. The number of carbonyl (C=O) groups excluding carboxylic acids is 4. The van der Waals surface area contributed by atoms with Crippen molar-refractivity contribution in [2.75, 3.05) is 20.7 Å². The first kappa shape index (κ1) is 50.6. The lowest BCUT2D eigenvalue weighted by Crippen LogP contribution is -2.67. The number of allylic oxidation sites excluding steroid dienone is 2. The smallest absolute Gasteiger partial charge is 0.309 e. The van der Waals surface area contributed by atoms with Crippen molar-refractivity contribution in [2.45, 2.75) is 193 Å². The van der Waals surface area contributed by atoms with E-state index in [4.69, 9.17) is 33.2 Å². The minimum absolute atomic E-state index is 0.0368. The maximum Gasteiger partial charge on any atom is 0.309 e. The molecule has 3 N–H and O–H groups in total. The minimum atomic E-state index is -1.49. The predicted molar refractivity (Wildman–Crippen MR) is 218 cm³/mol. The van der Waals surface area contributed by atoms with Gasteiger partial charge in [0.25, 0.3) is 0 Å². The number of hydrogen-bond donors (Lipinski definition) is 3. The molecule has 3 aliphatic heterocycles. The van der Waals surface area contributed by atoms with E-state index in [-0.39, 0.29) is 50.4 Å². The standard InChI is InChI=1S/C44H73NO14/c1-13-35(48)56-33-22-37(50)54-27(5)18-16-15-17-19-32(47)25(3)20-31(21-26(4)46)40(28(33)6)53-23-34-39(51)38(45(11)12)41(29(7)55-34)59-44(10)24-43(9,52)42(30(8)58-44)57-36(49)14-2/h15-17,19,25,27-34,38-42,47,51-52H,13-14,18,20-24H2,1-12H3. The molecular weight excluding hydrogens is 766 g/mol. The van der Waals surface area contributed by atoms with Crippen LogP contribution >= 0.6 is 0 Å². The predicted octanol–water partition coefficient (Wildman–Crippen LogP) is 4.21. The van der Waals surface area contributed by atoms with Gasteiger partial charge in [-0.3, -0.25) is 14.4 Å². The van der Waals surface area contributed by atoms with Crippen LogP contribution in [0.25, 0.3) is 0 Å². The van der Waals surface area contributed by atoms with Crippen LogP contribution in [0.5, 0.6) is 0 Å². The minimum Gasteiger partial charge on any atom is -0.462 e. The van der Waals surface area contributed by atoms with Gasteiger partial charge in [-0.25, -0.2) is 0 Å². The third-order valence-corrected chi connectivity index (χ3v) is 11.7. The topological polar surface area (TPSA) is 197 Å². The molecule has 0 aromatic rings. The molecule has 0 amide bonds. The fourth-order valence-corrected chi connectivity index (χ4v) is 8.83. The highest BCUT2D eigenvalue weighted by Gasteiger charge is 2.55. The van der Waals surface area contributed by atoms with Gasteiger partial charge in [-0.05, 0) is 73.9 Å². The largest absolute Gasteiger partial charge is 0.462 e. The van der Waals surface area contributed by atoms with Gasteiger partial charge in [0.05, 0.1) is 43.5 Å². The molecule has 2 saturated heterocycles. The summed E-state index contributed by atoms with van der Waals surface area (Å²) < 4.78 is 43.2. The lowest BCUT2D eigenvalue weighted by atomic mass is 9.78. The normalized spacial score (nSPS) is 40.3. The highest BCUT2D eigenvalue weighted by atomic mass is 16.7. The first-order valence-electron chi connectivity index (χ1n) is 21.3. The lowest BCUT2D eigenvalue weighted by Gasteiger charge is -2.53. The molecule has 0 radical (unpaired) electrons. The van der Waals surface area contributed by atoms with E-state index in [1.165, 1.54) is 6.92 Å². The number of ether oxygens (including phenoxy) is 7. The van der Waals surface area contributed by atoms with E-state index in [1.54, 1.807) is 80.8 Å². The van der Waals surface area contributed by atoms with E-state index >= 15 is 0 Å². The summed E-state index contributed by atoms with van der Waals surface area (Å²) >= 11 is 0. The van der Waals surface area contributed by atoms with Gasteiger partial charge in [0.2, 0.25) is 0 Å². The molecule has 3 heterocycles. The van der Waals surface area contributed by atoms with Crippen molar-refractivity contribution < 1.29 is 67.7 Å². The monoisotopic (exact) mass is 840 g/mol. The second-order valence-corrected chi connectivity index (χ2v) is 17.6. The summed E-state index contributed by atoms with van der Waals surface area (Å²) in [4.78, 5) is 52.9. The van der Waals surface area contributed by atoms with Gasteiger partial charge in [0.1, 0.15) is 41.9 Å². The zero-order valence-electron chi connectivity index (χ0n) is 37.3. The number of aliphatic hydroxyl groups excluding tert-OH is 2. The molecule has 0 aromatic heterocycles. The van der Waals surface area contributed by atoms with E-state index in [9.17, 15) is 34.5 Å². The van der Waals surface area contributed by atoms with Gasteiger partial charge < -0.3 is 58.2 Å². The van der Waals surface area contributed by atoms with Crippen molar-refractivity contribution in [3.63, 3.8) is 0 Å². The third kappa shape index (κ3) is 14.4. The first-order chi connectivity index (χ1) is 27.5. The molecule has 338 valence electrons. The number of rotatable bonds is 12. The Morgan fingerprint density at radius 3 is 2.19 bits per heavy atom. The van der Waals surface area contributed by atoms with Crippen LogP contribution in [0.15, 0.2) is 24.3 Å². The summed E-state index contributed by atoms with van der Waals surface area (Å²) in [6.45, 7) is 16.9. The summed E-state index contributed by atoms with van der Waals surface area (Å²) in [7, 11) is 3.61. The van der Waals surface area contributed by atoms with E-state index in [1.807, 2.05) is 24.8 Å². The Balaban J connectivity index is 1.96. The molecule has 16 unspecified atom stereocenters. The highest BCUT2D eigenvalue weighted by Crippen LogP contribution is 2.41. The molecule has 0 spiro atoms. The van der Waals surface area contributed by atoms with Gasteiger partial charge in [-0.15, -0.1) is 0 Å². The fourth-order valence-electron chi connectivity index (χ4n) is 8.83. The number of likely N-dealkylation sites (N-methyl/N-ethyl adjacent to an activating group) is 1. The van der Waals surface area contributed by atoms with Gasteiger partial charge in [0.15, 0.2) is 11.9 Å². The Labute approximate surface area is 351 Å². The molecule has 2 fully saturated rings. The summed E-state index contributed by atoms with van der Waals surface area (Å²) in [6.07, 6.45) is -0.381. The molecule has 3 rings (SSSR count). The van der Waals surface area contributed by atoms with Crippen molar-refractivity contribution >= 4 is 23.7 Å². The van der Waals surface area contributed by atoms with Crippen LogP contribution in [0.3, 0.4) is 0 Å². The van der Waals surface area contributed by atoms with Gasteiger partial charge in [0, 0.05) is 38.0 Å². The Morgan fingerprint density at radius 2 is 1.59 bits per heavy atom. The lowest BCUT2D eigenvalue weighted by molar-refractivity contribution is -0.361. The van der Waals surface area contributed by atoms with E-state index in [2.05, 4.69) is 0 Å². The van der Waals surface area contributed by atoms with Crippen molar-refractivity contribution in [1.29, 1.82) is 0 Å². The molecule has 0 aliphatic carbocycles. The van der Waals surface area contributed by atoms with Crippen LogP contribution in [-0.4, -0.2) is 143 Å². The number of cyclic esters (lactones) is 1. The summed E-state index contributed by atoms with van der Waals surface area (Å²) in [5, 5.41) is 34.6. The van der Waals surface area contributed by atoms with Crippen LogP contribution in [0, 0.1) is 17.8 Å². The number of carbonyl (C=O) groups is 4. The molecule has 0 saturated carbocycles. The quantitative estimate of drug-likeness (QED) is 0.187. The van der Waals surface area contributed by atoms with Crippen molar-refractivity contribution in [2.24, 2.45) is 17.8 Å². The van der Waals surface area contributed by atoms with Gasteiger partial charge in [-0.1, -0.05) is 52.0 Å².